The maximum absolute atomic E-state index is 12.3. The van der Waals surface area contributed by atoms with Crippen molar-refractivity contribution >= 4 is 10.0 Å². The van der Waals surface area contributed by atoms with Gasteiger partial charge in [0.25, 0.3) is 0 Å². The Morgan fingerprint density at radius 2 is 2.10 bits per heavy atom. The number of sulfonamides is 1. The number of hydrogen-bond donors (Lipinski definition) is 3. The highest BCUT2D eigenvalue weighted by Gasteiger charge is 2.45. The van der Waals surface area contributed by atoms with E-state index in [1.54, 1.807) is 12.3 Å². The molecule has 0 unspecified atom stereocenters. The first-order valence-corrected chi connectivity index (χ1v) is 9.25. The van der Waals surface area contributed by atoms with Crippen molar-refractivity contribution in [3.63, 3.8) is 0 Å². The SMILES string of the molecule is CCCNCc1cc(S(=O)(=O)NCC2(C(C)C)CC2)c[nH]1. The molecule has 1 aromatic rings. The Labute approximate surface area is 128 Å². The Morgan fingerprint density at radius 1 is 1.38 bits per heavy atom. The van der Waals surface area contributed by atoms with Gasteiger partial charge in [-0.05, 0) is 43.2 Å². The third kappa shape index (κ3) is 4.08. The fourth-order valence-electron chi connectivity index (χ4n) is 2.52. The van der Waals surface area contributed by atoms with E-state index in [1.165, 1.54) is 0 Å². The summed E-state index contributed by atoms with van der Waals surface area (Å²) in [5, 5.41) is 3.25. The highest BCUT2D eigenvalue weighted by Crippen LogP contribution is 2.51. The summed E-state index contributed by atoms with van der Waals surface area (Å²) in [5.41, 5.74) is 1.07. The quantitative estimate of drug-likeness (QED) is 0.612. The molecule has 1 fully saturated rings. The Bertz CT molecular complexity index is 559. The molecule has 2 rings (SSSR count). The van der Waals surface area contributed by atoms with Crippen molar-refractivity contribution in [1.82, 2.24) is 15.0 Å². The maximum Gasteiger partial charge on any atom is 0.242 e. The number of hydrogen-bond acceptors (Lipinski definition) is 3. The molecule has 5 nitrogen and oxygen atoms in total. The minimum absolute atomic E-state index is 0.175. The fourth-order valence-corrected chi connectivity index (χ4v) is 3.67. The normalized spacial score (nSPS) is 17.3. The Balaban J connectivity index is 1.93. The molecule has 0 aromatic carbocycles. The summed E-state index contributed by atoms with van der Waals surface area (Å²) in [4.78, 5) is 3.35. The summed E-state index contributed by atoms with van der Waals surface area (Å²) in [6, 6.07) is 1.71. The van der Waals surface area contributed by atoms with Gasteiger partial charge in [-0.25, -0.2) is 13.1 Å². The van der Waals surface area contributed by atoms with E-state index in [1.807, 2.05) is 0 Å². The van der Waals surface area contributed by atoms with Crippen LogP contribution in [0.3, 0.4) is 0 Å². The maximum atomic E-state index is 12.3. The zero-order chi connectivity index (χ0) is 15.5. The summed E-state index contributed by atoms with van der Waals surface area (Å²) in [5.74, 6) is 0.514. The first-order chi connectivity index (χ1) is 9.89. The number of rotatable bonds is 9. The Morgan fingerprint density at radius 3 is 2.67 bits per heavy atom. The van der Waals surface area contributed by atoms with Crippen LogP contribution in [0.4, 0.5) is 0 Å². The van der Waals surface area contributed by atoms with Gasteiger partial charge in [-0.1, -0.05) is 20.8 Å². The predicted octanol–water partition coefficient (Wildman–Crippen LogP) is 2.23. The van der Waals surface area contributed by atoms with Crippen molar-refractivity contribution < 1.29 is 8.42 Å². The van der Waals surface area contributed by atoms with Crippen molar-refractivity contribution in [3.05, 3.63) is 18.0 Å². The van der Waals surface area contributed by atoms with Crippen molar-refractivity contribution in [2.24, 2.45) is 11.3 Å². The summed E-state index contributed by atoms with van der Waals surface area (Å²) in [6.45, 7) is 8.56. The lowest BCUT2D eigenvalue weighted by Crippen LogP contribution is -2.32. The van der Waals surface area contributed by atoms with Gasteiger partial charge in [0.2, 0.25) is 10.0 Å². The van der Waals surface area contributed by atoms with Crippen LogP contribution in [0.1, 0.15) is 45.7 Å². The molecular formula is C15H27N3O2S. The van der Waals surface area contributed by atoms with Gasteiger partial charge in [-0.15, -0.1) is 0 Å². The highest BCUT2D eigenvalue weighted by molar-refractivity contribution is 7.89. The molecular weight excluding hydrogens is 286 g/mol. The van der Waals surface area contributed by atoms with Crippen molar-refractivity contribution in [3.8, 4) is 0 Å². The van der Waals surface area contributed by atoms with E-state index in [0.717, 1.165) is 31.5 Å². The zero-order valence-electron chi connectivity index (χ0n) is 13.2. The second kappa shape index (κ2) is 6.50. The molecule has 1 aromatic heterocycles. The lowest BCUT2D eigenvalue weighted by molar-refractivity contribution is 0.357. The number of nitrogens with one attached hydrogen (secondary N) is 3. The van der Waals surface area contributed by atoms with E-state index in [4.69, 9.17) is 0 Å². The summed E-state index contributed by atoms with van der Waals surface area (Å²) in [6.07, 6.45) is 4.87. The molecule has 21 heavy (non-hydrogen) atoms. The number of aromatic amines is 1. The monoisotopic (exact) mass is 313 g/mol. The van der Waals surface area contributed by atoms with Crippen LogP contribution < -0.4 is 10.0 Å². The van der Waals surface area contributed by atoms with Crippen molar-refractivity contribution in [1.29, 1.82) is 0 Å². The van der Waals surface area contributed by atoms with Crippen LogP contribution in [-0.4, -0.2) is 26.5 Å². The van der Waals surface area contributed by atoms with Gasteiger partial charge in [0, 0.05) is 25.0 Å². The largest absolute Gasteiger partial charge is 0.363 e. The predicted molar refractivity (Wildman–Crippen MR) is 84.5 cm³/mol. The molecule has 6 heteroatoms. The average molecular weight is 313 g/mol. The molecule has 0 radical (unpaired) electrons. The smallest absolute Gasteiger partial charge is 0.242 e. The van der Waals surface area contributed by atoms with Crippen LogP contribution in [0.25, 0.3) is 0 Å². The molecule has 3 N–H and O–H groups in total. The molecule has 0 spiro atoms. The van der Waals surface area contributed by atoms with Gasteiger partial charge in [-0.3, -0.25) is 0 Å². The van der Waals surface area contributed by atoms with E-state index in [2.05, 4.69) is 35.8 Å². The summed E-state index contributed by atoms with van der Waals surface area (Å²) < 4.78 is 27.4. The zero-order valence-corrected chi connectivity index (χ0v) is 14.0. The fraction of sp³-hybridized carbons (Fsp3) is 0.733. The molecule has 0 aliphatic heterocycles. The number of H-pyrrole nitrogens is 1. The van der Waals surface area contributed by atoms with E-state index >= 15 is 0 Å². The molecule has 0 saturated heterocycles. The second-order valence-electron chi connectivity index (χ2n) is 6.38. The molecule has 0 bridgehead atoms. The van der Waals surface area contributed by atoms with Crippen LogP contribution >= 0.6 is 0 Å². The minimum Gasteiger partial charge on any atom is -0.363 e. The average Bonchev–Trinajstić information content (AvgIpc) is 3.08. The van der Waals surface area contributed by atoms with Gasteiger partial charge in [-0.2, -0.15) is 0 Å². The molecule has 1 heterocycles. The van der Waals surface area contributed by atoms with Gasteiger partial charge in [0.15, 0.2) is 0 Å². The minimum atomic E-state index is -3.41. The second-order valence-corrected chi connectivity index (χ2v) is 8.15. The molecule has 1 saturated carbocycles. The Kier molecular flexibility index (Phi) is 5.11. The topological polar surface area (TPSA) is 74.0 Å². The number of aromatic nitrogens is 1. The van der Waals surface area contributed by atoms with Crippen LogP contribution in [0, 0.1) is 11.3 Å². The lowest BCUT2D eigenvalue weighted by Gasteiger charge is -2.19. The van der Waals surface area contributed by atoms with Crippen LogP contribution in [-0.2, 0) is 16.6 Å². The molecule has 0 atom stereocenters. The third-order valence-corrected chi connectivity index (χ3v) is 5.88. The van der Waals surface area contributed by atoms with Crippen LogP contribution in [0.5, 0.6) is 0 Å². The molecule has 1 aliphatic carbocycles. The first-order valence-electron chi connectivity index (χ1n) is 7.77. The van der Waals surface area contributed by atoms with E-state index in [0.29, 0.717) is 23.9 Å². The standard InChI is InChI=1S/C15H27N3O2S/c1-4-7-16-9-13-8-14(10-17-13)21(19,20)18-11-15(5-6-15)12(2)3/h8,10,12,16-18H,4-7,9,11H2,1-3H3. The van der Waals surface area contributed by atoms with E-state index in [9.17, 15) is 8.42 Å². The Hall–Kier alpha value is -0.850. The van der Waals surface area contributed by atoms with E-state index < -0.39 is 10.0 Å². The summed E-state index contributed by atoms with van der Waals surface area (Å²) in [7, 11) is -3.41. The van der Waals surface area contributed by atoms with E-state index in [-0.39, 0.29) is 5.41 Å². The van der Waals surface area contributed by atoms with Gasteiger partial charge in [0.05, 0.1) is 4.90 Å². The van der Waals surface area contributed by atoms with Gasteiger partial charge >= 0.3 is 0 Å². The van der Waals surface area contributed by atoms with Crippen LogP contribution in [0.2, 0.25) is 0 Å². The highest BCUT2D eigenvalue weighted by atomic mass is 32.2. The van der Waals surface area contributed by atoms with Gasteiger partial charge in [0.1, 0.15) is 0 Å². The molecule has 0 amide bonds. The molecule has 120 valence electrons. The van der Waals surface area contributed by atoms with Crippen molar-refractivity contribution in [2.45, 2.75) is 51.5 Å². The summed E-state index contributed by atoms with van der Waals surface area (Å²) >= 11 is 0. The van der Waals surface area contributed by atoms with Crippen molar-refractivity contribution in [2.75, 3.05) is 13.1 Å². The molecule has 1 aliphatic rings. The lowest BCUT2D eigenvalue weighted by atomic mass is 9.93. The first kappa shape index (κ1) is 16.5. The van der Waals surface area contributed by atoms with Gasteiger partial charge < -0.3 is 10.3 Å². The van der Waals surface area contributed by atoms with Crippen LogP contribution in [0.15, 0.2) is 17.2 Å². The third-order valence-electron chi connectivity index (χ3n) is 4.50.